The molecule has 0 unspecified atom stereocenters. The Morgan fingerprint density at radius 1 is 1.05 bits per heavy atom. The molecule has 37 heavy (non-hydrogen) atoms. The first kappa shape index (κ1) is 24.2. The van der Waals surface area contributed by atoms with Crippen molar-refractivity contribution in [2.75, 3.05) is 7.11 Å². The third-order valence-corrected chi connectivity index (χ3v) is 6.52. The number of nitrogens with zero attached hydrogens (tertiary/aromatic N) is 6. The highest BCUT2D eigenvalue weighted by Crippen LogP contribution is 2.29. The SMILES string of the molecule is CCCCc1cn(-c2c(C)cccc2OC)c(=O)n1Cc1ccc(-c2ccncc2-c2nn[nH]n2)cc1. The van der Waals surface area contributed by atoms with E-state index in [4.69, 9.17) is 4.74 Å². The van der Waals surface area contributed by atoms with Crippen molar-refractivity contribution in [1.82, 2.24) is 34.7 Å². The van der Waals surface area contributed by atoms with Crippen molar-refractivity contribution in [2.24, 2.45) is 0 Å². The molecule has 0 radical (unpaired) electrons. The Balaban J connectivity index is 1.50. The van der Waals surface area contributed by atoms with Crippen molar-refractivity contribution in [1.29, 1.82) is 0 Å². The predicted molar refractivity (Wildman–Crippen MR) is 142 cm³/mol. The highest BCUT2D eigenvalue weighted by molar-refractivity contribution is 5.79. The molecule has 2 aromatic carbocycles. The van der Waals surface area contributed by atoms with Crippen LogP contribution >= 0.6 is 0 Å². The summed E-state index contributed by atoms with van der Waals surface area (Å²) in [7, 11) is 1.63. The largest absolute Gasteiger partial charge is 0.495 e. The van der Waals surface area contributed by atoms with E-state index >= 15 is 0 Å². The van der Waals surface area contributed by atoms with Gasteiger partial charge in [-0.15, -0.1) is 10.2 Å². The molecule has 0 fully saturated rings. The number of aryl methyl sites for hydroxylation is 2. The van der Waals surface area contributed by atoms with Gasteiger partial charge in [0, 0.05) is 29.8 Å². The van der Waals surface area contributed by atoms with Crippen LogP contribution in [0.5, 0.6) is 5.75 Å². The lowest BCUT2D eigenvalue weighted by Crippen LogP contribution is -2.25. The molecule has 5 rings (SSSR count). The number of H-pyrrole nitrogens is 1. The van der Waals surface area contributed by atoms with Crippen LogP contribution in [0.15, 0.2) is 71.9 Å². The second-order valence-electron chi connectivity index (χ2n) is 8.94. The third-order valence-electron chi connectivity index (χ3n) is 6.52. The smallest absolute Gasteiger partial charge is 0.333 e. The average Bonchev–Trinajstić information content (AvgIpc) is 3.57. The van der Waals surface area contributed by atoms with Gasteiger partial charge in [0.2, 0.25) is 5.82 Å². The number of tetrazole rings is 1. The minimum atomic E-state index is -0.0729. The molecule has 0 aliphatic heterocycles. The number of imidazole rings is 1. The number of unbranched alkanes of at least 4 members (excludes halogenated alkanes) is 1. The predicted octanol–water partition coefficient (Wildman–Crippen LogP) is 4.59. The molecule has 3 aromatic heterocycles. The lowest BCUT2D eigenvalue weighted by Gasteiger charge is -2.11. The quantitative estimate of drug-likeness (QED) is 0.321. The third kappa shape index (κ3) is 4.80. The Bertz CT molecular complexity index is 1550. The second kappa shape index (κ2) is 10.6. The minimum Gasteiger partial charge on any atom is -0.495 e. The number of benzene rings is 2. The van der Waals surface area contributed by atoms with Gasteiger partial charge in [0.15, 0.2) is 0 Å². The summed E-state index contributed by atoms with van der Waals surface area (Å²) in [5, 5.41) is 14.4. The first-order valence-electron chi connectivity index (χ1n) is 12.3. The summed E-state index contributed by atoms with van der Waals surface area (Å²) in [6.45, 7) is 4.63. The fourth-order valence-electron chi connectivity index (χ4n) is 4.59. The van der Waals surface area contributed by atoms with Gasteiger partial charge in [-0.25, -0.2) is 4.79 Å². The van der Waals surface area contributed by atoms with Gasteiger partial charge in [-0.1, -0.05) is 49.7 Å². The van der Waals surface area contributed by atoms with E-state index in [2.05, 4.69) is 44.7 Å². The molecule has 0 saturated heterocycles. The Hall–Kier alpha value is -4.53. The maximum Gasteiger partial charge on any atom is 0.333 e. The van der Waals surface area contributed by atoms with E-state index in [1.807, 2.05) is 54.1 Å². The van der Waals surface area contributed by atoms with Crippen LogP contribution in [0.3, 0.4) is 0 Å². The van der Waals surface area contributed by atoms with Gasteiger partial charge in [0.1, 0.15) is 5.75 Å². The topological polar surface area (TPSA) is 104 Å². The fourth-order valence-corrected chi connectivity index (χ4v) is 4.59. The summed E-state index contributed by atoms with van der Waals surface area (Å²) in [6.07, 6.45) is 8.33. The molecular formula is C28H29N7O2. The number of methoxy groups -OCH3 is 1. The van der Waals surface area contributed by atoms with Crippen molar-refractivity contribution in [2.45, 2.75) is 39.7 Å². The molecular weight excluding hydrogens is 466 g/mol. The van der Waals surface area contributed by atoms with Gasteiger partial charge in [-0.3, -0.25) is 14.1 Å². The molecule has 0 bridgehead atoms. The Labute approximate surface area is 214 Å². The molecule has 0 amide bonds. The van der Waals surface area contributed by atoms with E-state index in [0.29, 0.717) is 18.1 Å². The summed E-state index contributed by atoms with van der Waals surface area (Å²) in [4.78, 5) is 17.9. The summed E-state index contributed by atoms with van der Waals surface area (Å²) in [5.41, 5.74) is 6.51. The van der Waals surface area contributed by atoms with E-state index in [1.165, 1.54) is 0 Å². The van der Waals surface area contributed by atoms with Crippen LogP contribution in [-0.2, 0) is 13.0 Å². The highest BCUT2D eigenvalue weighted by Gasteiger charge is 2.18. The summed E-state index contributed by atoms with van der Waals surface area (Å²) >= 11 is 0. The number of hydrogen-bond donors (Lipinski definition) is 1. The van der Waals surface area contributed by atoms with Crippen molar-refractivity contribution >= 4 is 0 Å². The lowest BCUT2D eigenvalue weighted by molar-refractivity contribution is 0.412. The molecule has 1 N–H and O–H groups in total. The van der Waals surface area contributed by atoms with Gasteiger partial charge in [0.05, 0.1) is 19.3 Å². The van der Waals surface area contributed by atoms with Gasteiger partial charge < -0.3 is 4.74 Å². The standard InChI is InChI=1S/C28H29N7O2/c1-4-5-8-22-18-35(26-19(2)7-6-9-25(26)37-3)28(36)34(22)17-20-10-12-21(13-11-20)23-14-15-29-16-24(23)27-30-32-33-31-27/h6-7,9-16,18H,4-5,8,17H2,1-3H3,(H,30,31,32,33). The fraction of sp³-hybridized carbons (Fsp3) is 0.250. The highest BCUT2D eigenvalue weighted by atomic mass is 16.5. The second-order valence-corrected chi connectivity index (χ2v) is 8.94. The first-order chi connectivity index (χ1) is 18.1. The number of para-hydroxylation sites is 1. The molecule has 9 nitrogen and oxygen atoms in total. The van der Waals surface area contributed by atoms with E-state index < -0.39 is 0 Å². The van der Waals surface area contributed by atoms with Crippen LogP contribution in [0.25, 0.3) is 28.2 Å². The molecule has 9 heteroatoms. The zero-order valence-corrected chi connectivity index (χ0v) is 21.2. The number of aromatic amines is 1. The van der Waals surface area contributed by atoms with Crippen molar-refractivity contribution in [3.63, 3.8) is 0 Å². The summed E-state index contributed by atoms with van der Waals surface area (Å²) < 4.78 is 9.18. The number of pyridine rings is 1. The van der Waals surface area contributed by atoms with Crippen molar-refractivity contribution in [3.05, 3.63) is 94.4 Å². The van der Waals surface area contributed by atoms with Crippen LogP contribution in [0, 0.1) is 6.92 Å². The van der Waals surface area contributed by atoms with E-state index in [0.717, 1.165) is 58.5 Å². The van der Waals surface area contributed by atoms with Gasteiger partial charge in [-0.2, -0.15) is 5.21 Å². The molecule has 0 aliphatic rings. The number of rotatable bonds is 9. The van der Waals surface area contributed by atoms with E-state index in [-0.39, 0.29) is 5.69 Å². The lowest BCUT2D eigenvalue weighted by atomic mass is 10.00. The zero-order chi connectivity index (χ0) is 25.8. The summed E-state index contributed by atoms with van der Waals surface area (Å²) in [5.74, 6) is 1.17. The minimum absolute atomic E-state index is 0.0729. The number of nitrogens with one attached hydrogen (secondary N) is 1. The number of ether oxygens (including phenoxy) is 1. The van der Waals surface area contributed by atoms with Crippen LogP contribution in [0.1, 0.15) is 36.6 Å². The molecule has 188 valence electrons. The van der Waals surface area contributed by atoms with Crippen molar-refractivity contribution in [3.8, 4) is 34.0 Å². The molecule has 0 aliphatic carbocycles. The Kier molecular flexibility index (Phi) is 6.93. The first-order valence-corrected chi connectivity index (χ1v) is 12.3. The molecule has 0 saturated carbocycles. The van der Waals surface area contributed by atoms with Crippen LogP contribution < -0.4 is 10.4 Å². The maximum absolute atomic E-state index is 13.7. The van der Waals surface area contributed by atoms with E-state index in [9.17, 15) is 4.79 Å². The zero-order valence-electron chi connectivity index (χ0n) is 21.2. The number of aromatic nitrogens is 7. The van der Waals surface area contributed by atoms with Gasteiger partial charge in [0.25, 0.3) is 0 Å². The van der Waals surface area contributed by atoms with Crippen LogP contribution in [0.4, 0.5) is 0 Å². The van der Waals surface area contributed by atoms with E-state index in [1.54, 1.807) is 24.1 Å². The van der Waals surface area contributed by atoms with Crippen molar-refractivity contribution < 1.29 is 4.74 Å². The van der Waals surface area contributed by atoms with Crippen LogP contribution in [0.2, 0.25) is 0 Å². The average molecular weight is 496 g/mol. The molecule has 5 aromatic rings. The Morgan fingerprint density at radius 2 is 1.89 bits per heavy atom. The monoisotopic (exact) mass is 495 g/mol. The van der Waals surface area contributed by atoms with Gasteiger partial charge >= 0.3 is 5.69 Å². The maximum atomic E-state index is 13.7. The molecule has 0 spiro atoms. The molecule has 3 heterocycles. The van der Waals surface area contributed by atoms with Gasteiger partial charge in [-0.05, 0) is 59.4 Å². The number of hydrogen-bond acceptors (Lipinski definition) is 6. The molecule has 0 atom stereocenters. The normalized spacial score (nSPS) is 11.1. The summed E-state index contributed by atoms with van der Waals surface area (Å²) in [6, 6.07) is 16.0. The van der Waals surface area contributed by atoms with Crippen LogP contribution in [-0.4, -0.2) is 41.9 Å². The Morgan fingerprint density at radius 3 is 2.62 bits per heavy atom.